The molecule has 0 saturated carbocycles. The number of hydrogen-bond donors (Lipinski definition) is 0. The van der Waals surface area contributed by atoms with Crippen molar-refractivity contribution in [3.8, 4) is 11.5 Å². The average Bonchev–Trinajstić information content (AvgIpc) is 3.02. The smallest absolute Gasteiger partial charge is 0.293 e. The molecular weight excluding hydrogens is 258 g/mol. The number of nitro benzene ring substituents is 1. The molecular formula is C14H15N3O3. The van der Waals surface area contributed by atoms with Gasteiger partial charge in [0.1, 0.15) is 12.0 Å². The third kappa shape index (κ3) is 2.36. The standard InChI is InChI=1S/C14H15N3O3/c18-17(19)13-10-11(14-15-6-9-20-14)4-5-12(13)16-7-2-1-3-8-16/h4-6,9-10H,1-3,7-8H2. The molecule has 1 aliphatic rings. The van der Waals surface area contributed by atoms with Crippen molar-refractivity contribution < 1.29 is 9.34 Å². The second-order valence-electron chi connectivity index (χ2n) is 4.85. The maximum absolute atomic E-state index is 11.3. The van der Waals surface area contributed by atoms with Gasteiger partial charge in [-0.15, -0.1) is 0 Å². The van der Waals surface area contributed by atoms with Gasteiger partial charge in [0.25, 0.3) is 5.69 Å². The SMILES string of the molecule is O=[N+]([O-])c1cc(-c2ncco2)ccc1N1CCCCC1. The summed E-state index contributed by atoms with van der Waals surface area (Å²) in [6.07, 6.45) is 6.34. The zero-order valence-corrected chi connectivity index (χ0v) is 11.0. The van der Waals surface area contributed by atoms with Crippen LogP contribution < -0.4 is 4.90 Å². The largest absolute Gasteiger partial charge is 0.445 e. The average molecular weight is 273 g/mol. The van der Waals surface area contributed by atoms with Gasteiger partial charge in [0.15, 0.2) is 0 Å². The molecule has 2 heterocycles. The Balaban J connectivity index is 2.00. The Hall–Kier alpha value is -2.37. The quantitative estimate of drug-likeness (QED) is 0.634. The van der Waals surface area contributed by atoms with Crippen LogP contribution in [0.5, 0.6) is 0 Å². The highest BCUT2D eigenvalue weighted by Gasteiger charge is 2.22. The second kappa shape index (κ2) is 5.32. The lowest BCUT2D eigenvalue weighted by Gasteiger charge is -2.28. The topological polar surface area (TPSA) is 72.4 Å². The first-order valence-corrected chi connectivity index (χ1v) is 6.69. The number of oxazole rings is 1. The maximum atomic E-state index is 11.3. The third-order valence-electron chi connectivity index (χ3n) is 3.55. The minimum absolute atomic E-state index is 0.114. The molecule has 1 saturated heterocycles. The summed E-state index contributed by atoms with van der Waals surface area (Å²) in [6.45, 7) is 1.75. The van der Waals surface area contributed by atoms with Crippen LogP contribution in [-0.2, 0) is 0 Å². The maximum Gasteiger partial charge on any atom is 0.293 e. The van der Waals surface area contributed by atoms with E-state index in [1.807, 2.05) is 6.07 Å². The fraction of sp³-hybridized carbons (Fsp3) is 0.357. The molecule has 104 valence electrons. The number of nitrogens with zero attached hydrogens (tertiary/aromatic N) is 3. The minimum Gasteiger partial charge on any atom is -0.445 e. The highest BCUT2D eigenvalue weighted by atomic mass is 16.6. The lowest BCUT2D eigenvalue weighted by molar-refractivity contribution is -0.384. The number of aromatic nitrogens is 1. The summed E-state index contributed by atoms with van der Waals surface area (Å²) in [5, 5.41) is 11.3. The molecule has 0 radical (unpaired) electrons. The number of benzene rings is 1. The van der Waals surface area contributed by atoms with Gasteiger partial charge >= 0.3 is 0 Å². The molecule has 0 atom stereocenters. The highest BCUT2D eigenvalue weighted by molar-refractivity contribution is 5.71. The van der Waals surface area contributed by atoms with E-state index < -0.39 is 0 Å². The van der Waals surface area contributed by atoms with Gasteiger partial charge in [-0.3, -0.25) is 10.1 Å². The molecule has 20 heavy (non-hydrogen) atoms. The third-order valence-corrected chi connectivity index (χ3v) is 3.55. The lowest BCUT2D eigenvalue weighted by atomic mass is 10.1. The van der Waals surface area contributed by atoms with Crippen LogP contribution in [0.15, 0.2) is 35.1 Å². The number of nitro groups is 1. The van der Waals surface area contributed by atoms with Crippen LogP contribution in [0.4, 0.5) is 11.4 Å². The van der Waals surface area contributed by atoms with Crippen LogP contribution >= 0.6 is 0 Å². The summed E-state index contributed by atoms with van der Waals surface area (Å²) in [5.41, 5.74) is 1.43. The number of piperidine rings is 1. The molecule has 3 rings (SSSR count). The Morgan fingerprint density at radius 1 is 1.25 bits per heavy atom. The van der Waals surface area contributed by atoms with Crippen LogP contribution in [0.1, 0.15) is 19.3 Å². The van der Waals surface area contributed by atoms with E-state index in [0.29, 0.717) is 17.1 Å². The Morgan fingerprint density at radius 3 is 2.70 bits per heavy atom. The fourth-order valence-corrected chi connectivity index (χ4v) is 2.57. The van der Waals surface area contributed by atoms with Gasteiger partial charge in [-0.05, 0) is 31.4 Å². The van der Waals surface area contributed by atoms with Crippen molar-refractivity contribution in [2.75, 3.05) is 18.0 Å². The Labute approximate surface area is 116 Å². The molecule has 1 fully saturated rings. The molecule has 6 nitrogen and oxygen atoms in total. The van der Waals surface area contributed by atoms with Crippen molar-refractivity contribution in [3.63, 3.8) is 0 Å². The Kier molecular flexibility index (Phi) is 3.37. The van der Waals surface area contributed by atoms with Crippen molar-refractivity contribution in [1.82, 2.24) is 4.98 Å². The fourth-order valence-electron chi connectivity index (χ4n) is 2.57. The molecule has 0 bridgehead atoms. The first-order chi connectivity index (χ1) is 9.75. The van der Waals surface area contributed by atoms with Crippen LogP contribution in [0.2, 0.25) is 0 Å². The molecule has 1 aromatic carbocycles. The Morgan fingerprint density at radius 2 is 2.05 bits per heavy atom. The number of rotatable bonds is 3. The van der Waals surface area contributed by atoms with E-state index >= 15 is 0 Å². The van der Waals surface area contributed by atoms with Crippen LogP contribution in [0, 0.1) is 10.1 Å². The van der Waals surface area contributed by atoms with Crippen LogP contribution in [-0.4, -0.2) is 23.0 Å². The van der Waals surface area contributed by atoms with Gasteiger partial charge in [-0.1, -0.05) is 0 Å². The van der Waals surface area contributed by atoms with Crippen molar-refractivity contribution in [2.24, 2.45) is 0 Å². The van der Waals surface area contributed by atoms with E-state index in [-0.39, 0.29) is 10.6 Å². The summed E-state index contributed by atoms with van der Waals surface area (Å²) in [4.78, 5) is 17.1. The molecule has 0 amide bonds. The van der Waals surface area contributed by atoms with Gasteiger partial charge in [0.2, 0.25) is 5.89 Å². The zero-order chi connectivity index (χ0) is 13.9. The normalized spacial score (nSPS) is 15.3. The predicted octanol–water partition coefficient (Wildman–Crippen LogP) is 3.24. The van der Waals surface area contributed by atoms with Gasteiger partial charge in [0, 0.05) is 24.7 Å². The summed E-state index contributed by atoms with van der Waals surface area (Å²) in [6, 6.07) is 5.15. The van der Waals surface area contributed by atoms with Gasteiger partial charge in [0.05, 0.1) is 11.1 Å². The lowest BCUT2D eigenvalue weighted by Crippen LogP contribution is -2.29. The minimum atomic E-state index is -0.337. The highest BCUT2D eigenvalue weighted by Crippen LogP contribution is 2.34. The summed E-state index contributed by atoms with van der Waals surface area (Å²) in [5.74, 6) is 0.401. The summed E-state index contributed by atoms with van der Waals surface area (Å²) >= 11 is 0. The van der Waals surface area contributed by atoms with E-state index in [9.17, 15) is 10.1 Å². The molecule has 0 spiro atoms. The first-order valence-electron chi connectivity index (χ1n) is 6.69. The van der Waals surface area contributed by atoms with Gasteiger partial charge < -0.3 is 9.32 Å². The van der Waals surface area contributed by atoms with E-state index in [4.69, 9.17) is 4.42 Å². The summed E-state index contributed by atoms with van der Waals surface area (Å²) < 4.78 is 5.19. The number of anilines is 1. The van der Waals surface area contributed by atoms with Crippen molar-refractivity contribution in [2.45, 2.75) is 19.3 Å². The molecule has 1 aliphatic heterocycles. The van der Waals surface area contributed by atoms with Crippen LogP contribution in [0.3, 0.4) is 0 Å². The molecule has 0 aliphatic carbocycles. The Bertz CT molecular complexity index is 604. The van der Waals surface area contributed by atoms with Crippen molar-refractivity contribution in [1.29, 1.82) is 0 Å². The van der Waals surface area contributed by atoms with E-state index in [1.54, 1.807) is 6.07 Å². The second-order valence-corrected chi connectivity index (χ2v) is 4.85. The molecule has 0 unspecified atom stereocenters. The number of hydrogen-bond acceptors (Lipinski definition) is 5. The van der Waals surface area contributed by atoms with Gasteiger partial charge in [-0.25, -0.2) is 4.98 Å². The van der Waals surface area contributed by atoms with E-state index in [0.717, 1.165) is 25.9 Å². The molecule has 2 aromatic rings. The van der Waals surface area contributed by atoms with E-state index in [1.165, 1.54) is 24.9 Å². The van der Waals surface area contributed by atoms with Gasteiger partial charge in [-0.2, -0.15) is 0 Å². The molecule has 6 heteroatoms. The first kappa shape index (κ1) is 12.7. The predicted molar refractivity (Wildman–Crippen MR) is 74.7 cm³/mol. The van der Waals surface area contributed by atoms with Crippen molar-refractivity contribution >= 4 is 11.4 Å². The summed E-state index contributed by atoms with van der Waals surface area (Å²) in [7, 11) is 0. The molecule has 0 N–H and O–H groups in total. The molecule has 1 aromatic heterocycles. The van der Waals surface area contributed by atoms with Crippen LogP contribution in [0.25, 0.3) is 11.5 Å². The van der Waals surface area contributed by atoms with Crippen molar-refractivity contribution in [3.05, 3.63) is 40.8 Å². The van der Waals surface area contributed by atoms with E-state index in [2.05, 4.69) is 9.88 Å². The zero-order valence-electron chi connectivity index (χ0n) is 11.0. The monoisotopic (exact) mass is 273 g/mol.